The Morgan fingerprint density at radius 2 is 0.893 bits per heavy atom. The average molecular weight is 439 g/mol. The van der Waals surface area contributed by atoms with Gasteiger partial charge in [0, 0.05) is 0 Å². The molecule has 6 heteroatoms. The summed E-state index contributed by atoms with van der Waals surface area (Å²) in [5, 5.41) is -1.18. The van der Waals surface area contributed by atoms with E-state index in [9.17, 15) is 9.59 Å². The van der Waals surface area contributed by atoms with Crippen LogP contribution in [0.4, 0.5) is 0 Å². The zero-order valence-corrected chi connectivity index (χ0v) is 20.1. The lowest BCUT2D eigenvalue weighted by atomic mass is 9.83. The van der Waals surface area contributed by atoms with Crippen LogP contribution in [0, 0.1) is 10.8 Å². The third-order valence-electron chi connectivity index (χ3n) is 5.58. The van der Waals surface area contributed by atoms with Crippen LogP contribution in [0.5, 0.6) is 0 Å². The number of carbonyl (C=O) groups excluding carboxylic acids is 2. The molecule has 2 unspecified atom stereocenters. The summed E-state index contributed by atoms with van der Waals surface area (Å²) in [6.45, 7) is 8.09. The molecule has 0 heterocycles. The van der Waals surface area contributed by atoms with Crippen molar-refractivity contribution in [3.05, 3.63) is 0 Å². The Bertz CT molecular complexity index is 421. The van der Waals surface area contributed by atoms with Crippen molar-refractivity contribution in [3.8, 4) is 0 Å². The fraction of sp³-hybridized carbons (Fsp3) is 0.909. The van der Waals surface area contributed by atoms with Crippen molar-refractivity contribution in [3.63, 3.8) is 0 Å². The third-order valence-corrected chi connectivity index (χ3v) is 7.12. The number of carbonyl (C=O) groups is 2. The van der Waals surface area contributed by atoms with E-state index in [2.05, 4.69) is 0 Å². The second-order valence-corrected chi connectivity index (χ2v) is 9.95. The molecule has 4 nitrogen and oxygen atoms in total. The smallest absolute Gasteiger partial charge is 0.324 e. The van der Waals surface area contributed by atoms with Gasteiger partial charge in [-0.05, 0) is 23.7 Å². The summed E-state index contributed by atoms with van der Waals surface area (Å²) >= 11 is 12.4. The van der Waals surface area contributed by atoms with Crippen molar-refractivity contribution in [2.75, 3.05) is 14.2 Å². The lowest BCUT2D eigenvalue weighted by Gasteiger charge is -2.28. The van der Waals surface area contributed by atoms with Gasteiger partial charge < -0.3 is 9.47 Å². The predicted octanol–water partition coefficient (Wildman–Crippen LogP) is 6.50. The number of rotatable bonds is 15. The Labute approximate surface area is 182 Å². The van der Waals surface area contributed by atoms with Crippen molar-refractivity contribution < 1.29 is 19.1 Å². The molecule has 0 amide bonds. The van der Waals surface area contributed by atoms with E-state index in [-0.39, 0.29) is 22.8 Å². The van der Waals surface area contributed by atoms with Crippen LogP contribution < -0.4 is 0 Å². The molecule has 0 spiro atoms. The Morgan fingerprint density at radius 3 is 1.14 bits per heavy atom. The monoisotopic (exact) mass is 438 g/mol. The van der Waals surface area contributed by atoms with Gasteiger partial charge in [-0.25, -0.2) is 0 Å². The molecule has 0 aliphatic carbocycles. The average Bonchev–Trinajstić information content (AvgIpc) is 2.66. The second kappa shape index (κ2) is 13.7. The summed E-state index contributed by atoms with van der Waals surface area (Å²) in [7, 11) is 2.75. The fourth-order valence-electron chi connectivity index (χ4n) is 3.32. The van der Waals surface area contributed by atoms with Gasteiger partial charge in [-0.2, -0.15) is 0 Å². The van der Waals surface area contributed by atoms with Gasteiger partial charge in [-0.1, -0.05) is 79.1 Å². The number of hydrogen-bond donors (Lipinski definition) is 0. The first kappa shape index (κ1) is 27.5. The number of methoxy groups -OCH3 is 2. The van der Waals surface area contributed by atoms with Gasteiger partial charge in [-0.3, -0.25) is 9.59 Å². The predicted molar refractivity (Wildman–Crippen MR) is 117 cm³/mol. The van der Waals surface area contributed by atoms with Gasteiger partial charge in [-0.15, -0.1) is 23.2 Å². The van der Waals surface area contributed by atoms with E-state index in [0.717, 1.165) is 38.5 Å². The van der Waals surface area contributed by atoms with Crippen LogP contribution in [0.2, 0.25) is 0 Å². The van der Waals surface area contributed by atoms with Gasteiger partial charge in [0.1, 0.15) is 10.8 Å². The number of unbranched alkanes of at least 4 members (excludes halogenated alkanes) is 7. The molecule has 166 valence electrons. The number of hydrogen-bond acceptors (Lipinski definition) is 4. The minimum absolute atomic E-state index is 0.244. The van der Waals surface area contributed by atoms with Crippen molar-refractivity contribution in [2.45, 2.75) is 103 Å². The fourth-order valence-corrected chi connectivity index (χ4v) is 3.72. The molecule has 0 saturated heterocycles. The highest BCUT2D eigenvalue weighted by Gasteiger charge is 2.34. The minimum atomic E-state index is -0.589. The Morgan fingerprint density at radius 1 is 0.643 bits per heavy atom. The Kier molecular flexibility index (Phi) is 13.5. The second-order valence-electron chi connectivity index (χ2n) is 9.08. The van der Waals surface area contributed by atoms with Crippen molar-refractivity contribution in [1.82, 2.24) is 0 Å². The molecular weight excluding hydrogens is 399 g/mol. The molecular formula is C22H40Cl2O4. The third kappa shape index (κ3) is 10.3. The zero-order chi connectivity index (χ0) is 21.8. The summed E-state index contributed by atoms with van der Waals surface area (Å²) < 4.78 is 9.48. The number of alkyl halides is 2. The molecule has 0 saturated carbocycles. The van der Waals surface area contributed by atoms with E-state index in [1.54, 1.807) is 0 Å². The lowest BCUT2D eigenvalue weighted by molar-refractivity contribution is -0.143. The van der Waals surface area contributed by atoms with Gasteiger partial charge in [0.25, 0.3) is 0 Å². The normalized spacial score (nSPS) is 14.4. The Balaban J connectivity index is 3.78. The highest BCUT2D eigenvalue weighted by molar-refractivity contribution is 6.30. The highest BCUT2D eigenvalue weighted by atomic mass is 35.5. The first-order valence-electron chi connectivity index (χ1n) is 10.4. The van der Waals surface area contributed by atoms with Crippen molar-refractivity contribution >= 4 is 35.1 Å². The molecule has 0 radical (unpaired) electrons. The molecule has 0 aromatic carbocycles. The first-order valence-corrected chi connectivity index (χ1v) is 11.3. The maximum absolute atomic E-state index is 11.6. The molecule has 0 N–H and O–H groups in total. The van der Waals surface area contributed by atoms with Crippen molar-refractivity contribution in [2.24, 2.45) is 10.8 Å². The van der Waals surface area contributed by atoms with Crippen LogP contribution >= 0.6 is 23.2 Å². The van der Waals surface area contributed by atoms with E-state index in [4.69, 9.17) is 32.7 Å². The maximum atomic E-state index is 11.6. The van der Waals surface area contributed by atoms with Gasteiger partial charge in [0.15, 0.2) is 0 Å². The highest BCUT2D eigenvalue weighted by Crippen LogP contribution is 2.33. The minimum Gasteiger partial charge on any atom is -0.468 e. The molecule has 0 bridgehead atoms. The first-order chi connectivity index (χ1) is 13.0. The molecule has 0 aromatic heterocycles. The van der Waals surface area contributed by atoms with E-state index in [0.29, 0.717) is 0 Å². The maximum Gasteiger partial charge on any atom is 0.324 e. The lowest BCUT2D eigenvalue weighted by Crippen LogP contribution is -2.32. The van der Waals surface area contributed by atoms with Crippen LogP contribution in [0.3, 0.4) is 0 Å². The zero-order valence-electron chi connectivity index (χ0n) is 18.6. The van der Waals surface area contributed by atoms with Crippen LogP contribution in [0.25, 0.3) is 0 Å². The largest absolute Gasteiger partial charge is 0.468 e. The van der Waals surface area contributed by atoms with E-state index in [1.165, 1.54) is 39.9 Å². The number of halogens is 2. The van der Waals surface area contributed by atoms with E-state index >= 15 is 0 Å². The molecule has 0 fully saturated rings. The number of ether oxygens (including phenoxy) is 2. The summed E-state index contributed by atoms with van der Waals surface area (Å²) in [6, 6.07) is 0. The quantitative estimate of drug-likeness (QED) is 0.166. The van der Waals surface area contributed by atoms with Gasteiger partial charge in [0.05, 0.1) is 14.2 Å². The van der Waals surface area contributed by atoms with Gasteiger partial charge in [0.2, 0.25) is 0 Å². The molecule has 0 rings (SSSR count). The van der Waals surface area contributed by atoms with E-state index < -0.39 is 10.8 Å². The topological polar surface area (TPSA) is 52.6 Å². The van der Waals surface area contributed by atoms with Gasteiger partial charge >= 0.3 is 11.9 Å². The SMILES string of the molecule is COC(=O)C(Cl)C(C)(C)CCCCCCCCCCC(C)(C)C(Cl)C(=O)OC. The molecule has 2 atom stereocenters. The summed E-state index contributed by atoms with van der Waals surface area (Å²) in [6.07, 6.45) is 11.2. The van der Waals surface area contributed by atoms with Crippen LogP contribution in [0.1, 0.15) is 91.9 Å². The molecule has 0 aliphatic heterocycles. The molecule has 28 heavy (non-hydrogen) atoms. The standard InChI is InChI=1S/C22H40Cl2O4/c1-21(2,17(23)19(25)27-5)15-13-11-9-7-8-10-12-14-16-22(3,4)18(24)20(26)28-6/h17-18H,7-16H2,1-6H3. The summed E-state index contributed by atoms with van der Waals surface area (Å²) in [4.78, 5) is 23.2. The Hall–Kier alpha value is -0.480. The van der Waals surface area contributed by atoms with Crippen molar-refractivity contribution in [1.29, 1.82) is 0 Å². The van der Waals surface area contributed by atoms with Crippen LogP contribution in [-0.2, 0) is 19.1 Å². The molecule has 0 aliphatic rings. The van der Waals surface area contributed by atoms with E-state index in [1.807, 2.05) is 27.7 Å². The molecule has 0 aromatic rings. The number of esters is 2. The summed E-state index contributed by atoms with van der Waals surface area (Å²) in [5.41, 5.74) is -0.488. The summed E-state index contributed by atoms with van der Waals surface area (Å²) in [5.74, 6) is -0.691. The van der Waals surface area contributed by atoms with Crippen LogP contribution in [-0.4, -0.2) is 36.9 Å². The van der Waals surface area contributed by atoms with Crippen LogP contribution in [0.15, 0.2) is 0 Å².